The van der Waals surface area contributed by atoms with Crippen molar-refractivity contribution in [2.24, 2.45) is 0 Å². The van der Waals surface area contributed by atoms with Crippen molar-refractivity contribution in [1.29, 1.82) is 0 Å². The fourth-order valence-electron chi connectivity index (χ4n) is 2.58. The van der Waals surface area contributed by atoms with E-state index in [1.807, 2.05) is 0 Å². The molecular formula is C15H20FNO2. The van der Waals surface area contributed by atoms with Crippen LogP contribution in [0.4, 0.5) is 4.39 Å². The van der Waals surface area contributed by atoms with Crippen LogP contribution in [0.25, 0.3) is 0 Å². The van der Waals surface area contributed by atoms with Gasteiger partial charge >= 0.3 is 5.97 Å². The first-order chi connectivity index (χ1) is 9.13. The molecule has 104 valence electrons. The van der Waals surface area contributed by atoms with Crippen molar-refractivity contribution in [3.05, 3.63) is 29.6 Å². The maximum atomic E-state index is 14.5. The van der Waals surface area contributed by atoms with Crippen molar-refractivity contribution in [3.63, 3.8) is 0 Å². The standard InChI is InChI=1S/C15H20FNO2/c1-2-19-14(18)13-7-6-12(11-17-13)10-15(16)8-4-3-5-9-15/h6-7,11H,2-5,8-10H2,1H3. The highest BCUT2D eigenvalue weighted by Gasteiger charge is 2.31. The van der Waals surface area contributed by atoms with Crippen molar-refractivity contribution in [3.8, 4) is 0 Å². The molecular weight excluding hydrogens is 245 g/mol. The Labute approximate surface area is 113 Å². The summed E-state index contributed by atoms with van der Waals surface area (Å²) in [6.07, 6.45) is 6.30. The minimum atomic E-state index is -1.09. The fourth-order valence-corrected chi connectivity index (χ4v) is 2.58. The van der Waals surface area contributed by atoms with E-state index in [0.29, 0.717) is 25.9 Å². The first kappa shape index (κ1) is 14.0. The van der Waals surface area contributed by atoms with E-state index in [1.54, 1.807) is 25.3 Å². The fraction of sp³-hybridized carbons (Fsp3) is 0.600. The van der Waals surface area contributed by atoms with Gasteiger partial charge in [-0.2, -0.15) is 0 Å². The van der Waals surface area contributed by atoms with Crippen LogP contribution in [-0.4, -0.2) is 23.2 Å². The van der Waals surface area contributed by atoms with Crippen molar-refractivity contribution in [1.82, 2.24) is 4.98 Å². The lowest BCUT2D eigenvalue weighted by Crippen LogP contribution is -2.28. The number of rotatable bonds is 4. The van der Waals surface area contributed by atoms with Crippen LogP contribution in [0.3, 0.4) is 0 Å². The molecule has 0 aromatic carbocycles. The Bertz CT molecular complexity index is 424. The zero-order chi connectivity index (χ0) is 13.7. The third kappa shape index (κ3) is 3.75. The number of carbonyl (C=O) groups excluding carboxylic acids is 1. The van der Waals surface area contributed by atoms with Gasteiger partial charge < -0.3 is 4.74 Å². The Balaban J connectivity index is 2.00. The van der Waals surface area contributed by atoms with Gasteiger partial charge in [0.25, 0.3) is 0 Å². The Morgan fingerprint density at radius 1 is 1.37 bits per heavy atom. The number of nitrogens with zero attached hydrogens (tertiary/aromatic N) is 1. The molecule has 0 atom stereocenters. The summed E-state index contributed by atoms with van der Waals surface area (Å²) in [7, 11) is 0. The largest absolute Gasteiger partial charge is 0.461 e. The highest BCUT2D eigenvalue weighted by molar-refractivity contribution is 5.87. The van der Waals surface area contributed by atoms with E-state index in [9.17, 15) is 9.18 Å². The number of alkyl halides is 1. The van der Waals surface area contributed by atoms with Gasteiger partial charge in [-0.05, 0) is 31.4 Å². The summed E-state index contributed by atoms with van der Waals surface area (Å²) in [5.74, 6) is -0.429. The molecule has 0 unspecified atom stereocenters. The van der Waals surface area contributed by atoms with Crippen molar-refractivity contribution in [2.75, 3.05) is 6.61 Å². The summed E-state index contributed by atoms with van der Waals surface area (Å²) in [4.78, 5) is 15.5. The molecule has 0 bridgehead atoms. The average molecular weight is 265 g/mol. The van der Waals surface area contributed by atoms with E-state index < -0.39 is 11.6 Å². The van der Waals surface area contributed by atoms with Gasteiger partial charge in [0.05, 0.1) is 6.61 Å². The minimum Gasteiger partial charge on any atom is -0.461 e. The Hall–Kier alpha value is -1.45. The van der Waals surface area contributed by atoms with E-state index in [2.05, 4.69) is 4.98 Å². The normalized spacial score (nSPS) is 18.0. The van der Waals surface area contributed by atoms with Gasteiger partial charge in [-0.15, -0.1) is 0 Å². The number of esters is 1. The number of hydrogen-bond donors (Lipinski definition) is 0. The predicted octanol–water partition coefficient (Wildman–Crippen LogP) is 3.47. The molecule has 0 radical (unpaired) electrons. The van der Waals surface area contributed by atoms with Gasteiger partial charge in [0.2, 0.25) is 0 Å². The predicted molar refractivity (Wildman–Crippen MR) is 70.8 cm³/mol. The van der Waals surface area contributed by atoms with Gasteiger partial charge in [0, 0.05) is 12.6 Å². The summed E-state index contributed by atoms with van der Waals surface area (Å²) in [6.45, 7) is 2.08. The number of pyridine rings is 1. The molecule has 4 heteroatoms. The van der Waals surface area contributed by atoms with Crippen LogP contribution < -0.4 is 0 Å². The number of hydrogen-bond acceptors (Lipinski definition) is 3. The third-order valence-electron chi connectivity index (χ3n) is 3.58. The molecule has 0 saturated heterocycles. The van der Waals surface area contributed by atoms with Gasteiger partial charge in [-0.1, -0.05) is 25.3 Å². The second kappa shape index (κ2) is 6.13. The topological polar surface area (TPSA) is 39.2 Å². The molecule has 3 nitrogen and oxygen atoms in total. The monoisotopic (exact) mass is 265 g/mol. The molecule has 0 N–H and O–H groups in total. The summed E-state index contributed by atoms with van der Waals surface area (Å²) in [5.41, 5.74) is 0.0327. The highest BCUT2D eigenvalue weighted by atomic mass is 19.1. The summed E-state index contributed by atoms with van der Waals surface area (Å²) in [5, 5.41) is 0. The number of halogens is 1. The van der Waals surface area contributed by atoms with Crippen LogP contribution >= 0.6 is 0 Å². The van der Waals surface area contributed by atoms with E-state index in [-0.39, 0.29) is 5.69 Å². The Morgan fingerprint density at radius 3 is 2.68 bits per heavy atom. The lowest BCUT2D eigenvalue weighted by molar-refractivity contribution is 0.0519. The van der Waals surface area contributed by atoms with Gasteiger partial charge in [0.15, 0.2) is 0 Å². The zero-order valence-corrected chi connectivity index (χ0v) is 11.3. The van der Waals surface area contributed by atoms with Crippen LogP contribution in [0.1, 0.15) is 55.1 Å². The van der Waals surface area contributed by atoms with Crippen LogP contribution in [0.2, 0.25) is 0 Å². The lowest BCUT2D eigenvalue weighted by atomic mass is 9.82. The average Bonchev–Trinajstić information content (AvgIpc) is 2.40. The molecule has 2 rings (SSSR count). The van der Waals surface area contributed by atoms with Crippen LogP contribution in [0.5, 0.6) is 0 Å². The first-order valence-corrected chi connectivity index (χ1v) is 6.94. The third-order valence-corrected chi connectivity index (χ3v) is 3.58. The maximum absolute atomic E-state index is 14.5. The maximum Gasteiger partial charge on any atom is 0.356 e. The van der Waals surface area contributed by atoms with Gasteiger partial charge in [-0.3, -0.25) is 0 Å². The second-order valence-electron chi connectivity index (χ2n) is 5.16. The lowest BCUT2D eigenvalue weighted by Gasteiger charge is -2.29. The summed E-state index contributed by atoms with van der Waals surface area (Å²) in [6, 6.07) is 3.38. The first-order valence-electron chi connectivity index (χ1n) is 6.94. The van der Waals surface area contributed by atoms with E-state index in [0.717, 1.165) is 24.8 Å². The van der Waals surface area contributed by atoms with E-state index in [1.165, 1.54) is 0 Å². The number of aromatic nitrogens is 1. The SMILES string of the molecule is CCOC(=O)c1ccc(CC2(F)CCCCC2)cn1. The highest BCUT2D eigenvalue weighted by Crippen LogP contribution is 2.34. The van der Waals surface area contributed by atoms with E-state index in [4.69, 9.17) is 4.74 Å². The number of ether oxygens (including phenoxy) is 1. The van der Waals surface area contributed by atoms with Crippen LogP contribution in [-0.2, 0) is 11.2 Å². The number of carbonyl (C=O) groups is 1. The molecule has 1 fully saturated rings. The van der Waals surface area contributed by atoms with Crippen LogP contribution in [0, 0.1) is 0 Å². The molecule has 0 aliphatic heterocycles. The van der Waals surface area contributed by atoms with E-state index >= 15 is 0 Å². The van der Waals surface area contributed by atoms with Crippen molar-refractivity contribution >= 4 is 5.97 Å². The zero-order valence-electron chi connectivity index (χ0n) is 11.3. The minimum absolute atomic E-state index is 0.280. The quantitative estimate of drug-likeness (QED) is 0.782. The molecule has 1 aromatic heterocycles. The molecule has 0 amide bonds. The van der Waals surface area contributed by atoms with Crippen molar-refractivity contribution < 1.29 is 13.9 Å². The summed E-state index contributed by atoms with van der Waals surface area (Å²) < 4.78 is 19.4. The Kier molecular flexibility index (Phi) is 4.51. The smallest absolute Gasteiger partial charge is 0.356 e. The molecule has 0 spiro atoms. The molecule has 1 heterocycles. The van der Waals surface area contributed by atoms with Crippen molar-refractivity contribution in [2.45, 2.75) is 51.1 Å². The Morgan fingerprint density at radius 2 is 2.11 bits per heavy atom. The van der Waals surface area contributed by atoms with Crippen LogP contribution in [0.15, 0.2) is 18.3 Å². The van der Waals surface area contributed by atoms with Gasteiger partial charge in [0.1, 0.15) is 11.4 Å². The second-order valence-corrected chi connectivity index (χ2v) is 5.16. The molecule has 1 aliphatic rings. The van der Waals surface area contributed by atoms with Gasteiger partial charge in [-0.25, -0.2) is 14.2 Å². The summed E-state index contributed by atoms with van der Waals surface area (Å²) >= 11 is 0. The molecule has 1 aliphatic carbocycles. The molecule has 19 heavy (non-hydrogen) atoms. The molecule has 1 saturated carbocycles. The molecule has 1 aromatic rings.